The van der Waals surface area contributed by atoms with Crippen LogP contribution in [0.4, 0.5) is 0 Å². The van der Waals surface area contributed by atoms with Crippen molar-refractivity contribution in [3.8, 4) is 0 Å². The van der Waals surface area contributed by atoms with Crippen LogP contribution in [-0.4, -0.2) is 29.1 Å². The lowest BCUT2D eigenvalue weighted by atomic mass is 10.0. The van der Waals surface area contributed by atoms with Crippen LogP contribution in [0.1, 0.15) is 63.2 Å². The molecule has 0 spiro atoms. The van der Waals surface area contributed by atoms with Gasteiger partial charge in [0, 0.05) is 5.92 Å². The van der Waals surface area contributed by atoms with Crippen LogP contribution in [0.15, 0.2) is 4.52 Å². The maximum absolute atomic E-state index is 12.0. The van der Waals surface area contributed by atoms with Crippen LogP contribution in [0.3, 0.4) is 0 Å². The van der Waals surface area contributed by atoms with E-state index < -0.39 is 0 Å². The first kappa shape index (κ1) is 17.2. The van der Waals surface area contributed by atoms with E-state index in [9.17, 15) is 4.79 Å². The molecule has 1 aromatic rings. The highest BCUT2D eigenvalue weighted by Gasteiger charge is 2.31. The maximum atomic E-state index is 12.0. The summed E-state index contributed by atoms with van der Waals surface area (Å²) in [5.74, 6) is 2.76. The summed E-state index contributed by atoms with van der Waals surface area (Å²) in [6, 6.07) is -0.208. The molecule has 124 valence electrons. The summed E-state index contributed by atoms with van der Waals surface area (Å²) in [6.45, 7) is 5.38. The second kappa shape index (κ2) is 7.42. The van der Waals surface area contributed by atoms with E-state index >= 15 is 0 Å². The first-order chi connectivity index (χ1) is 10.1. The summed E-state index contributed by atoms with van der Waals surface area (Å²) in [4.78, 5) is 16.5. The number of carbonyl (C=O) groups excluding carboxylic acids is 1. The van der Waals surface area contributed by atoms with Crippen molar-refractivity contribution in [2.75, 3.05) is 13.1 Å². The first-order valence-electron chi connectivity index (χ1n) is 7.97. The standard InChI is InChI=1S/C15H24N4O2.ClH/c1-9(2)13(15-18-14(19-21-15)11-5-6-11)17-12(20)8-16-7-10-3-4-10;/h9-11,13,16H,3-8H2,1-2H3,(H,17,20);1H. The third kappa shape index (κ3) is 4.68. The third-order valence-electron chi connectivity index (χ3n) is 4.06. The van der Waals surface area contributed by atoms with Crippen molar-refractivity contribution < 1.29 is 9.32 Å². The van der Waals surface area contributed by atoms with Gasteiger partial charge in [0.05, 0.1) is 6.54 Å². The van der Waals surface area contributed by atoms with Crippen molar-refractivity contribution in [3.05, 3.63) is 11.7 Å². The van der Waals surface area contributed by atoms with Gasteiger partial charge in [0.15, 0.2) is 5.82 Å². The van der Waals surface area contributed by atoms with Crippen molar-refractivity contribution in [2.45, 2.75) is 51.5 Å². The molecule has 2 aliphatic carbocycles. The minimum atomic E-state index is -0.208. The van der Waals surface area contributed by atoms with E-state index in [0.29, 0.717) is 18.4 Å². The third-order valence-corrected chi connectivity index (χ3v) is 4.06. The summed E-state index contributed by atoms with van der Waals surface area (Å²) in [6.07, 6.45) is 4.86. The molecule has 2 aliphatic rings. The predicted molar refractivity (Wildman–Crippen MR) is 84.8 cm³/mol. The van der Waals surface area contributed by atoms with E-state index in [1.807, 2.05) is 13.8 Å². The van der Waals surface area contributed by atoms with Crippen molar-refractivity contribution in [1.82, 2.24) is 20.8 Å². The molecule has 1 atom stereocenters. The molecule has 1 amide bonds. The van der Waals surface area contributed by atoms with E-state index in [2.05, 4.69) is 20.8 Å². The normalized spacial score (nSPS) is 18.9. The van der Waals surface area contributed by atoms with Gasteiger partial charge in [0.25, 0.3) is 0 Å². The number of amides is 1. The molecule has 0 radical (unpaired) electrons. The van der Waals surface area contributed by atoms with Crippen molar-refractivity contribution in [3.63, 3.8) is 0 Å². The molecule has 3 rings (SSSR count). The van der Waals surface area contributed by atoms with Gasteiger partial charge in [0.2, 0.25) is 11.8 Å². The second-order valence-corrected chi connectivity index (χ2v) is 6.63. The smallest absolute Gasteiger partial charge is 0.249 e. The monoisotopic (exact) mass is 328 g/mol. The minimum Gasteiger partial charge on any atom is -0.343 e. The summed E-state index contributed by atoms with van der Waals surface area (Å²) >= 11 is 0. The zero-order chi connectivity index (χ0) is 14.8. The Morgan fingerprint density at radius 2 is 2.05 bits per heavy atom. The van der Waals surface area contributed by atoms with Crippen molar-refractivity contribution in [1.29, 1.82) is 0 Å². The molecule has 0 aliphatic heterocycles. The Morgan fingerprint density at radius 1 is 1.32 bits per heavy atom. The molecule has 7 heteroatoms. The maximum Gasteiger partial charge on any atom is 0.249 e. The fourth-order valence-corrected chi connectivity index (χ4v) is 2.33. The van der Waals surface area contributed by atoms with Gasteiger partial charge >= 0.3 is 0 Å². The second-order valence-electron chi connectivity index (χ2n) is 6.63. The number of nitrogens with zero attached hydrogens (tertiary/aromatic N) is 2. The van der Waals surface area contributed by atoms with Gasteiger partial charge in [0.1, 0.15) is 6.04 Å². The van der Waals surface area contributed by atoms with Crippen LogP contribution >= 0.6 is 12.4 Å². The number of hydrogen-bond donors (Lipinski definition) is 2. The fourth-order valence-electron chi connectivity index (χ4n) is 2.33. The Kier molecular flexibility index (Phi) is 5.81. The molecule has 2 saturated carbocycles. The summed E-state index contributed by atoms with van der Waals surface area (Å²) in [5, 5.41) is 10.2. The average molecular weight is 329 g/mol. The van der Waals surface area contributed by atoms with Gasteiger partial charge in [-0.25, -0.2) is 0 Å². The van der Waals surface area contributed by atoms with E-state index in [0.717, 1.165) is 31.1 Å². The van der Waals surface area contributed by atoms with Crippen molar-refractivity contribution in [2.24, 2.45) is 11.8 Å². The van der Waals surface area contributed by atoms with Crippen molar-refractivity contribution >= 4 is 18.3 Å². The molecule has 0 saturated heterocycles. The van der Waals surface area contributed by atoms with Gasteiger partial charge in [-0.2, -0.15) is 4.98 Å². The van der Waals surface area contributed by atoms with E-state index in [1.54, 1.807) is 0 Å². The molecule has 2 N–H and O–H groups in total. The number of nitrogens with one attached hydrogen (secondary N) is 2. The fraction of sp³-hybridized carbons (Fsp3) is 0.800. The number of aromatic nitrogens is 2. The molecular formula is C15H25ClN4O2. The Bertz CT molecular complexity index is 497. The minimum absolute atomic E-state index is 0. The largest absolute Gasteiger partial charge is 0.343 e. The van der Waals surface area contributed by atoms with Gasteiger partial charge < -0.3 is 15.2 Å². The number of rotatable bonds is 8. The lowest BCUT2D eigenvalue weighted by Gasteiger charge is -2.18. The topological polar surface area (TPSA) is 80.0 Å². The molecule has 22 heavy (non-hydrogen) atoms. The molecular weight excluding hydrogens is 304 g/mol. The van der Waals surface area contributed by atoms with Crippen LogP contribution in [0, 0.1) is 11.8 Å². The van der Waals surface area contributed by atoms with Gasteiger partial charge in [-0.1, -0.05) is 19.0 Å². The summed E-state index contributed by atoms with van der Waals surface area (Å²) < 4.78 is 5.35. The van der Waals surface area contributed by atoms with E-state index in [4.69, 9.17) is 4.52 Å². The van der Waals surface area contributed by atoms with E-state index in [1.165, 1.54) is 12.8 Å². The quantitative estimate of drug-likeness (QED) is 0.764. The van der Waals surface area contributed by atoms with Crippen LogP contribution in [-0.2, 0) is 4.79 Å². The average Bonchev–Trinajstić information content (AvgIpc) is 3.36. The van der Waals surface area contributed by atoms with Gasteiger partial charge in [-0.05, 0) is 44.1 Å². The number of halogens is 1. The SMILES string of the molecule is CC(C)C(NC(=O)CNCC1CC1)c1nc(C2CC2)no1.Cl. The molecule has 0 bridgehead atoms. The number of carbonyl (C=O) groups is 1. The highest BCUT2D eigenvalue weighted by Crippen LogP contribution is 2.38. The predicted octanol–water partition coefficient (Wildman–Crippen LogP) is 2.18. The van der Waals surface area contributed by atoms with Gasteiger partial charge in [-0.3, -0.25) is 4.79 Å². The highest BCUT2D eigenvalue weighted by atomic mass is 35.5. The molecule has 1 unspecified atom stereocenters. The number of hydrogen-bond acceptors (Lipinski definition) is 5. The molecule has 6 nitrogen and oxygen atoms in total. The Labute approximate surface area is 137 Å². The lowest BCUT2D eigenvalue weighted by molar-refractivity contribution is -0.121. The van der Waals surface area contributed by atoms with Crippen LogP contribution in [0.5, 0.6) is 0 Å². The van der Waals surface area contributed by atoms with Crippen LogP contribution in [0.25, 0.3) is 0 Å². The Morgan fingerprint density at radius 3 is 2.64 bits per heavy atom. The highest BCUT2D eigenvalue weighted by molar-refractivity contribution is 5.85. The molecule has 2 fully saturated rings. The first-order valence-corrected chi connectivity index (χ1v) is 7.97. The van der Waals surface area contributed by atoms with Crippen LogP contribution in [0.2, 0.25) is 0 Å². The van der Waals surface area contributed by atoms with Crippen LogP contribution < -0.4 is 10.6 Å². The zero-order valence-corrected chi connectivity index (χ0v) is 14.0. The Hall–Kier alpha value is -1.14. The van der Waals surface area contributed by atoms with E-state index in [-0.39, 0.29) is 30.3 Å². The lowest BCUT2D eigenvalue weighted by Crippen LogP contribution is -2.38. The summed E-state index contributed by atoms with van der Waals surface area (Å²) in [7, 11) is 0. The molecule has 1 heterocycles. The summed E-state index contributed by atoms with van der Waals surface area (Å²) in [5.41, 5.74) is 0. The molecule has 0 aromatic carbocycles. The van der Waals surface area contributed by atoms with Gasteiger partial charge in [-0.15, -0.1) is 12.4 Å². The zero-order valence-electron chi connectivity index (χ0n) is 13.2. The molecule has 1 aromatic heterocycles. The Balaban J connectivity index is 0.00000176.